The van der Waals surface area contributed by atoms with Crippen molar-refractivity contribution in [3.05, 3.63) is 120 Å². The predicted molar refractivity (Wildman–Crippen MR) is 131 cm³/mol. The molecule has 0 aromatic heterocycles. The third-order valence-electron chi connectivity index (χ3n) is 5.23. The Kier molecular flexibility index (Phi) is 8.69. The molecule has 0 saturated heterocycles. The first-order chi connectivity index (χ1) is 15.1. The van der Waals surface area contributed by atoms with Crippen molar-refractivity contribution < 1.29 is 9.90 Å². The number of hydrogen-bond donors (Lipinski definition) is 1. The molecule has 3 aromatic carbocycles. The first-order valence-corrected chi connectivity index (χ1v) is 11.8. The molecule has 0 bridgehead atoms. The second kappa shape index (κ2) is 11.7. The summed E-state index contributed by atoms with van der Waals surface area (Å²) in [5.41, 5.74) is 3.81. The molecule has 0 amide bonds. The minimum atomic E-state index is -0.679. The minimum Gasteiger partial charge on any atom is -0.389 e. The van der Waals surface area contributed by atoms with Crippen molar-refractivity contribution in [2.75, 3.05) is 5.75 Å². The van der Waals surface area contributed by atoms with Crippen LogP contribution in [0.3, 0.4) is 0 Å². The molecule has 160 valence electrons. The summed E-state index contributed by atoms with van der Waals surface area (Å²) in [6.45, 7) is 1.50. The van der Waals surface area contributed by atoms with Gasteiger partial charge in [-0.1, -0.05) is 103 Å². The average molecular weight is 431 g/mol. The van der Waals surface area contributed by atoms with Gasteiger partial charge in [-0.2, -0.15) is 0 Å². The molecule has 0 fully saturated rings. The van der Waals surface area contributed by atoms with E-state index in [0.29, 0.717) is 0 Å². The van der Waals surface area contributed by atoms with Crippen molar-refractivity contribution in [3.63, 3.8) is 0 Å². The minimum absolute atomic E-state index is 0.00562. The van der Waals surface area contributed by atoms with Crippen LogP contribution < -0.4 is 0 Å². The molecular formula is C28H30O2S. The summed E-state index contributed by atoms with van der Waals surface area (Å²) < 4.78 is -0.290. The SMILES string of the molecule is CC(=O)C[C@H](O)/C=C/CCCSC(c1ccccc1)(c1ccccc1)c1ccccc1. The second-order valence-corrected chi connectivity index (χ2v) is 8.98. The molecule has 0 heterocycles. The molecule has 0 aliphatic rings. The Morgan fingerprint density at radius 2 is 1.32 bits per heavy atom. The van der Waals surface area contributed by atoms with Crippen LogP contribution >= 0.6 is 11.8 Å². The smallest absolute Gasteiger partial charge is 0.132 e. The molecule has 0 radical (unpaired) electrons. The van der Waals surface area contributed by atoms with Gasteiger partial charge in [-0.25, -0.2) is 0 Å². The zero-order valence-electron chi connectivity index (χ0n) is 18.0. The first kappa shape index (κ1) is 23.1. The normalized spacial score (nSPS) is 12.7. The number of hydrogen-bond acceptors (Lipinski definition) is 3. The van der Waals surface area contributed by atoms with Gasteiger partial charge in [-0.15, -0.1) is 11.8 Å². The Hall–Kier alpha value is -2.62. The van der Waals surface area contributed by atoms with Crippen LogP contribution in [0.1, 0.15) is 42.9 Å². The van der Waals surface area contributed by atoms with Crippen LogP contribution in [-0.2, 0) is 9.54 Å². The number of unbranched alkanes of at least 4 members (excludes halogenated alkanes) is 1. The fraction of sp³-hybridized carbons (Fsp3) is 0.250. The Bertz CT molecular complexity index is 855. The number of aliphatic hydroxyl groups excluding tert-OH is 1. The Morgan fingerprint density at radius 3 is 1.74 bits per heavy atom. The molecule has 2 nitrogen and oxygen atoms in total. The summed E-state index contributed by atoms with van der Waals surface area (Å²) in [5.74, 6) is 0.970. The number of allylic oxidation sites excluding steroid dienone is 1. The highest BCUT2D eigenvalue weighted by Crippen LogP contribution is 2.48. The molecule has 0 aliphatic heterocycles. The number of carbonyl (C=O) groups excluding carboxylic acids is 1. The first-order valence-electron chi connectivity index (χ1n) is 10.8. The van der Waals surface area contributed by atoms with Crippen molar-refractivity contribution in [2.45, 2.75) is 37.0 Å². The molecule has 3 heteroatoms. The van der Waals surface area contributed by atoms with E-state index in [2.05, 4.69) is 91.0 Å². The third-order valence-corrected chi connectivity index (χ3v) is 6.86. The number of benzene rings is 3. The van der Waals surface area contributed by atoms with Gasteiger partial charge in [0, 0.05) is 6.42 Å². The molecule has 0 saturated carbocycles. The van der Waals surface area contributed by atoms with E-state index in [1.54, 1.807) is 6.08 Å². The summed E-state index contributed by atoms with van der Waals surface area (Å²) >= 11 is 1.95. The lowest BCUT2D eigenvalue weighted by molar-refractivity contribution is -0.118. The fourth-order valence-electron chi connectivity index (χ4n) is 3.81. The fourth-order valence-corrected chi connectivity index (χ4v) is 5.34. The molecule has 3 rings (SSSR count). The van der Waals surface area contributed by atoms with Gasteiger partial charge in [0.1, 0.15) is 5.78 Å². The quantitative estimate of drug-likeness (QED) is 0.218. The second-order valence-electron chi connectivity index (χ2n) is 7.67. The maximum atomic E-state index is 11.1. The number of ketones is 1. The monoisotopic (exact) mass is 430 g/mol. The van der Waals surface area contributed by atoms with Crippen molar-refractivity contribution in [3.8, 4) is 0 Å². The molecular weight excluding hydrogens is 400 g/mol. The van der Waals surface area contributed by atoms with Gasteiger partial charge in [0.15, 0.2) is 0 Å². The zero-order valence-corrected chi connectivity index (χ0v) is 18.8. The molecule has 0 aliphatic carbocycles. The van der Waals surface area contributed by atoms with Crippen LogP contribution in [0.15, 0.2) is 103 Å². The average Bonchev–Trinajstić information content (AvgIpc) is 2.80. The number of thioether (sulfide) groups is 1. The zero-order chi connectivity index (χ0) is 21.9. The van der Waals surface area contributed by atoms with Crippen molar-refractivity contribution in [2.24, 2.45) is 0 Å². The van der Waals surface area contributed by atoms with Crippen LogP contribution in [0.5, 0.6) is 0 Å². The van der Waals surface area contributed by atoms with E-state index >= 15 is 0 Å². The standard InChI is InChI=1S/C28H30O2S/c1-23(29)22-27(30)20-12-5-13-21-31-28(24-14-6-2-7-15-24,25-16-8-3-9-17-25)26-18-10-4-11-19-26/h2-4,6-12,14-20,27,30H,5,13,21-22H2,1H3/b20-12+/t27-/m1/s1. The van der Waals surface area contributed by atoms with Crippen molar-refractivity contribution in [1.82, 2.24) is 0 Å². The lowest BCUT2D eigenvalue weighted by atomic mass is 9.84. The summed E-state index contributed by atoms with van der Waals surface area (Å²) in [5, 5.41) is 9.84. The lowest BCUT2D eigenvalue weighted by Gasteiger charge is -2.35. The summed E-state index contributed by atoms with van der Waals surface area (Å²) in [4.78, 5) is 11.1. The van der Waals surface area contributed by atoms with Gasteiger partial charge >= 0.3 is 0 Å². The highest BCUT2D eigenvalue weighted by Gasteiger charge is 2.36. The molecule has 1 N–H and O–H groups in total. The van der Waals surface area contributed by atoms with Crippen molar-refractivity contribution in [1.29, 1.82) is 0 Å². The largest absolute Gasteiger partial charge is 0.389 e. The maximum absolute atomic E-state index is 11.1. The predicted octanol–water partition coefficient (Wildman–Crippen LogP) is 6.39. The summed E-state index contributed by atoms with van der Waals surface area (Å²) in [6, 6.07) is 32.1. The van der Waals surface area contributed by atoms with E-state index in [1.165, 1.54) is 23.6 Å². The molecule has 31 heavy (non-hydrogen) atoms. The number of aliphatic hydroxyl groups is 1. The third kappa shape index (κ3) is 6.19. The highest BCUT2D eigenvalue weighted by atomic mass is 32.2. The van der Waals surface area contributed by atoms with E-state index in [0.717, 1.165) is 18.6 Å². The summed E-state index contributed by atoms with van der Waals surface area (Å²) in [7, 11) is 0. The number of rotatable bonds is 11. The molecule has 0 unspecified atom stereocenters. The van der Waals surface area contributed by atoms with Gasteiger partial charge < -0.3 is 5.11 Å². The lowest BCUT2D eigenvalue weighted by Crippen LogP contribution is -2.26. The Morgan fingerprint density at radius 1 is 0.871 bits per heavy atom. The van der Waals surface area contributed by atoms with Gasteiger partial charge in [0.2, 0.25) is 0 Å². The van der Waals surface area contributed by atoms with E-state index in [-0.39, 0.29) is 17.0 Å². The molecule has 3 aromatic rings. The molecule has 1 atom stereocenters. The van der Waals surface area contributed by atoms with Crippen LogP contribution in [0.4, 0.5) is 0 Å². The van der Waals surface area contributed by atoms with Crippen LogP contribution in [0.2, 0.25) is 0 Å². The molecule has 0 spiro atoms. The highest BCUT2D eigenvalue weighted by molar-refractivity contribution is 8.00. The maximum Gasteiger partial charge on any atom is 0.132 e. The Labute approximate surface area is 190 Å². The van der Waals surface area contributed by atoms with Crippen LogP contribution in [-0.4, -0.2) is 22.7 Å². The summed E-state index contributed by atoms with van der Waals surface area (Å²) in [6.07, 6.45) is 5.10. The number of carbonyl (C=O) groups is 1. The van der Waals surface area contributed by atoms with E-state index in [4.69, 9.17) is 0 Å². The van der Waals surface area contributed by atoms with E-state index in [1.807, 2.05) is 17.8 Å². The van der Waals surface area contributed by atoms with E-state index in [9.17, 15) is 9.90 Å². The van der Waals surface area contributed by atoms with Gasteiger partial charge in [-0.3, -0.25) is 4.79 Å². The van der Waals surface area contributed by atoms with Gasteiger partial charge in [0.25, 0.3) is 0 Å². The topological polar surface area (TPSA) is 37.3 Å². The number of Topliss-reactive ketones (excluding diaryl/α,β-unsaturated/α-hetero) is 1. The van der Waals surface area contributed by atoms with Crippen molar-refractivity contribution >= 4 is 17.5 Å². The van der Waals surface area contributed by atoms with E-state index < -0.39 is 6.10 Å². The van der Waals surface area contributed by atoms with Crippen LogP contribution in [0, 0.1) is 0 Å². The van der Waals surface area contributed by atoms with Crippen LogP contribution in [0.25, 0.3) is 0 Å². The van der Waals surface area contributed by atoms with Gasteiger partial charge in [-0.05, 0) is 42.2 Å². The Balaban J connectivity index is 1.83. The van der Waals surface area contributed by atoms with Gasteiger partial charge in [0.05, 0.1) is 10.9 Å².